The summed E-state index contributed by atoms with van der Waals surface area (Å²) in [6.07, 6.45) is 2.31. The van der Waals surface area contributed by atoms with Crippen LogP contribution in [0.15, 0.2) is 35.1 Å². The summed E-state index contributed by atoms with van der Waals surface area (Å²) >= 11 is 15.0. The van der Waals surface area contributed by atoms with Gasteiger partial charge in [0.05, 0.1) is 4.47 Å². The van der Waals surface area contributed by atoms with Crippen LogP contribution in [0, 0.1) is 0 Å². The Morgan fingerprint density at radius 1 is 1.11 bits per heavy atom. The molecule has 0 radical (unpaired) electrons. The molecule has 0 bridgehead atoms. The molecule has 1 N–H and O–H groups in total. The maximum atomic E-state index is 5.87. The SMILES string of the molecule is Clc1ccc(CCNc2ncnc(Cl)c2Br)cc1. The lowest BCUT2D eigenvalue weighted by Crippen LogP contribution is -2.07. The molecule has 2 rings (SSSR count). The van der Waals surface area contributed by atoms with Crippen molar-refractivity contribution >= 4 is 44.9 Å². The molecule has 0 aliphatic carbocycles. The van der Waals surface area contributed by atoms with Crippen LogP contribution >= 0.6 is 39.1 Å². The predicted octanol–water partition coefficient (Wildman–Crippen LogP) is 4.20. The maximum absolute atomic E-state index is 5.87. The third-order valence-corrected chi connectivity index (χ3v) is 3.88. The molecule has 0 saturated carbocycles. The minimum atomic E-state index is 0.402. The lowest BCUT2D eigenvalue weighted by Gasteiger charge is -2.07. The summed E-state index contributed by atoms with van der Waals surface area (Å²) in [5, 5.41) is 4.35. The Bertz CT molecular complexity index is 531. The largest absolute Gasteiger partial charge is 0.369 e. The molecule has 3 nitrogen and oxygen atoms in total. The van der Waals surface area contributed by atoms with Crippen molar-refractivity contribution in [3.05, 3.63) is 50.8 Å². The summed E-state index contributed by atoms with van der Waals surface area (Å²) in [6, 6.07) is 7.78. The van der Waals surface area contributed by atoms with Crippen LogP contribution in [0.1, 0.15) is 5.56 Å². The van der Waals surface area contributed by atoms with Gasteiger partial charge >= 0.3 is 0 Å². The Morgan fingerprint density at radius 2 is 1.83 bits per heavy atom. The van der Waals surface area contributed by atoms with Gasteiger partial charge in [-0.25, -0.2) is 9.97 Å². The Hall–Kier alpha value is -0.840. The maximum Gasteiger partial charge on any atom is 0.148 e. The molecule has 2 aromatic rings. The molecule has 6 heteroatoms. The van der Waals surface area contributed by atoms with Gasteiger partial charge in [0.2, 0.25) is 0 Å². The molecule has 0 amide bonds. The molecule has 0 atom stereocenters. The van der Waals surface area contributed by atoms with Gasteiger partial charge in [-0.2, -0.15) is 0 Å². The van der Waals surface area contributed by atoms with E-state index >= 15 is 0 Å². The van der Waals surface area contributed by atoms with Gasteiger partial charge in [-0.15, -0.1) is 0 Å². The van der Waals surface area contributed by atoms with E-state index in [2.05, 4.69) is 31.2 Å². The first-order valence-electron chi connectivity index (χ1n) is 5.31. The van der Waals surface area contributed by atoms with Crippen molar-refractivity contribution in [2.75, 3.05) is 11.9 Å². The van der Waals surface area contributed by atoms with E-state index in [0.717, 1.165) is 18.0 Å². The quantitative estimate of drug-likeness (QED) is 0.843. The fourth-order valence-corrected chi connectivity index (χ4v) is 2.05. The highest BCUT2D eigenvalue weighted by molar-refractivity contribution is 9.10. The van der Waals surface area contributed by atoms with Crippen molar-refractivity contribution in [3.8, 4) is 0 Å². The molecule has 0 aliphatic rings. The van der Waals surface area contributed by atoms with Crippen LogP contribution < -0.4 is 5.32 Å². The molecule has 1 heterocycles. The number of nitrogens with one attached hydrogen (secondary N) is 1. The van der Waals surface area contributed by atoms with E-state index in [9.17, 15) is 0 Å². The Morgan fingerprint density at radius 3 is 2.56 bits per heavy atom. The normalized spacial score (nSPS) is 10.4. The standard InChI is InChI=1S/C12H10BrCl2N3/c13-10-11(15)17-7-18-12(10)16-6-5-8-1-3-9(14)4-2-8/h1-4,7H,5-6H2,(H,16,17,18). The number of rotatable bonds is 4. The lowest BCUT2D eigenvalue weighted by molar-refractivity contribution is 0.996. The summed E-state index contributed by atoms with van der Waals surface area (Å²) in [7, 11) is 0. The zero-order chi connectivity index (χ0) is 13.0. The van der Waals surface area contributed by atoms with Gasteiger partial charge in [-0.1, -0.05) is 35.3 Å². The first-order chi connectivity index (χ1) is 8.66. The van der Waals surface area contributed by atoms with E-state index in [1.807, 2.05) is 24.3 Å². The van der Waals surface area contributed by atoms with E-state index in [1.165, 1.54) is 11.9 Å². The molecule has 0 fully saturated rings. The van der Waals surface area contributed by atoms with Gasteiger partial charge in [0, 0.05) is 11.6 Å². The topological polar surface area (TPSA) is 37.8 Å². The van der Waals surface area contributed by atoms with Crippen molar-refractivity contribution in [3.63, 3.8) is 0 Å². The van der Waals surface area contributed by atoms with E-state index in [1.54, 1.807) is 0 Å². The predicted molar refractivity (Wildman–Crippen MR) is 78.4 cm³/mol. The number of benzene rings is 1. The summed E-state index contributed by atoms with van der Waals surface area (Å²) in [5.74, 6) is 0.698. The molecule has 0 spiro atoms. The van der Waals surface area contributed by atoms with Gasteiger partial charge in [-0.3, -0.25) is 0 Å². The second-order valence-electron chi connectivity index (χ2n) is 3.63. The van der Waals surface area contributed by atoms with Crippen molar-refractivity contribution in [2.45, 2.75) is 6.42 Å². The lowest BCUT2D eigenvalue weighted by atomic mass is 10.1. The van der Waals surface area contributed by atoms with Crippen molar-refractivity contribution < 1.29 is 0 Å². The minimum Gasteiger partial charge on any atom is -0.369 e. The number of halogens is 3. The Labute approximate surface area is 124 Å². The van der Waals surface area contributed by atoms with Crippen molar-refractivity contribution in [2.24, 2.45) is 0 Å². The average molecular weight is 347 g/mol. The van der Waals surface area contributed by atoms with E-state index in [-0.39, 0.29) is 0 Å². The number of hydrogen-bond donors (Lipinski definition) is 1. The highest BCUT2D eigenvalue weighted by atomic mass is 79.9. The number of aromatic nitrogens is 2. The van der Waals surface area contributed by atoms with Crippen LogP contribution in [0.25, 0.3) is 0 Å². The van der Waals surface area contributed by atoms with Gasteiger partial charge in [-0.05, 0) is 40.0 Å². The molecular formula is C12H10BrCl2N3. The van der Waals surface area contributed by atoms with Crippen LogP contribution in [0.4, 0.5) is 5.82 Å². The van der Waals surface area contributed by atoms with E-state index in [4.69, 9.17) is 23.2 Å². The highest BCUT2D eigenvalue weighted by Gasteiger charge is 2.05. The third kappa shape index (κ3) is 3.57. The van der Waals surface area contributed by atoms with Crippen molar-refractivity contribution in [1.82, 2.24) is 9.97 Å². The zero-order valence-corrected chi connectivity index (χ0v) is 12.4. The highest BCUT2D eigenvalue weighted by Crippen LogP contribution is 2.25. The Kier molecular flexibility index (Phi) is 4.80. The first kappa shape index (κ1) is 13.6. The number of hydrogen-bond acceptors (Lipinski definition) is 3. The fourth-order valence-electron chi connectivity index (χ4n) is 1.45. The molecular weight excluding hydrogens is 337 g/mol. The van der Waals surface area contributed by atoms with Crippen molar-refractivity contribution in [1.29, 1.82) is 0 Å². The zero-order valence-electron chi connectivity index (χ0n) is 9.33. The summed E-state index contributed by atoms with van der Waals surface area (Å²) < 4.78 is 0.683. The van der Waals surface area contributed by atoms with Gasteiger partial charge < -0.3 is 5.32 Å². The number of anilines is 1. The second kappa shape index (κ2) is 6.36. The molecule has 1 aromatic heterocycles. The minimum absolute atomic E-state index is 0.402. The molecule has 18 heavy (non-hydrogen) atoms. The van der Waals surface area contributed by atoms with Gasteiger partial charge in [0.25, 0.3) is 0 Å². The molecule has 0 aliphatic heterocycles. The van der Waals surface area contributed by atoms with Gasteiger partial charge in [0.15, 0.2) is 0 Å². The second-order valence-corrected chi connectivity index (χ2v) is 5.22. The monoisotopic (exact) mass is 345 g/mol. The van der Waals surface area contributed by atoms with Crippen LogP contribution in [-0.4, -0.2) is 16.5 Å². The number of nitrogens with zero attached hydrogens (tertiary/aromatic N) is 2. The molecule has 94 valence electrons. The fraction of sp³-hybridized carbons (Fsp3) is 0.167. The molecule has 1 aromatic carbocycles. The van der Waals surface area contributed by atoms with Crippen LogP contribution in [0.2, 0.25) is 10.2 Å². The third-order valence-electron chi connectivity index (χ3n) is 2.37. The van der Waals surface area contributed by atoms with Crippen LogP contribution in [0.3, 0.4) is 0 Å². The van der Waals surface area contributed by atoms with E-state index < -0.39 is 0 Å². The first-order valence-corrected chi connectivity index (χ1v) is 6.86. The van der Waals surface area contributed by atoms with E-state index in [0.29, 0.717) is 15.4 Å². The Balaban J connectivity index is 1.92. The summed E-state index contributed by atoms with van der Waals surface area (Å²) in [6.45, 7) is 0.758. The molecule has 0 unspecified atom stereocenters. The molecule has 0 saturated heterocycles. The van der Waals surface area contributed by atoms with Gasteiger partial charge in [0.1, 0.15) is 17.3 Å². The van der Waals surface area contributed by atoms with Crippen LogP contribution in [-0.2, 0) is 6.42 Å². The summed E-state index contributed by atoms with van der Waals surface area (Å²) in [5.41, 5.74) is 1.21. The average Bonchev–Trinajstić information content (AvgIpc) is 2.37. The van der Waals surface area contributed by atoms with Crippen LogP contribution in [0.5, 0.6) is 0 Å². The summed E-state index contributed by atoms with van der Waals surface area (Å²) in [4.78, 5) is 7.98. The smallest absolute Gasteiger partial charge is 0.148 e.